The normalized spacial score (nSPS) is 19.9. The van der Waals surface area contributed by atoms with Gasteiger partial charge in [0.25, 0.3) is 0 Å². The molecule has 21 heavy (non-hydrogen) atoms. The molecular formula is C17H27BrN2O. The van der Waals surface area contributed by atoms with Crippen LogP contribution in [0.4, 0.5) is 5.69 Å². The molecule has 118 valence electrons. The van der Waals surface area contributed by atoms with Gasteiger partial charge in [-0.05, 0) is 60.8 Å². The quantitative estimate of drug-likeness (QED) is 0.885. The second kappa shape index (κ2) is 7.12. The van der Waals surface area contributed by atoms with Crippen LogP contribution in [-0.4, -0.2) is 31.3 Å². The molecule has 0 aromatic heterocycles. The summed E-state index contributed by atoms with van der Waals surface area (Å²) >= 11 is 3.73. The van der Waals surface area contributed by atoms with E-state index in [1.165, 1.54) is 15.7 Å². The Hall–Kier alpha value is -0.580. The van der Waals surface area contributed by atoms with Crippen LogP contribution in [0, 0.1) is 0 Å². The van der Waals surface area contributed by atoms with Crippen LogP contribution in [0.2, 0.25) is 0 Å². The van der Waals surface area contributed by atoms with Crippen molar-refractivity contribution >= 4 is 21.6 Å². The summed E-state index contributed by atoms with van der Waals surface area (Å²) in [6, 6.07) is 6.67. The van der Waals surface area contributed by atoms with Crippen molar-refractivity contribution in [2.75, 3.05) is 24.6 Å². The van der Waals surface area contributed by atoms with Crippen LogP contribution in [0.5, 0.6) is 0 Å². The number of hydrogen-bond acceptors (Lipinski definition) is 3. The lowest BCUT2D eigenvalue weighted by Gasteiger charge is -2.35. The fourth-order valence-electron chi connectivity index (χ4n) is 2.47. The minimum atomic E-state index is 0.143. The zero-order valence-electron chi connectivity index (χ0n) is 13.6. The van der Waals surface area contributed by atoms with Gasteiger partial charge in [0, 0.05) is 29.6 Å². The number of rotatable bonds is 4. The van der Waals surface area contributed by atoms with Gasteiger partial charge in [-0.15, -0.1) is 0 Å². The zero-order chi connectivity index (χ0) is 15.5. The molecule has 1 fully saturated rings. The lowest BCUT2D eigenvalue weighted by atomic mass is 10.1. The molecule has 4 heteroatoms. The van der Waals surface area contributed by atoms with Gasteiger partial charge >= 0.3 is 0 Å². The first-order valence-electron chi connectivity index (χ1n) is 7.79. The molecule has 1 heterocycles. The standard InChI is InChI=1S/C17H27BrN2O/c1-5-14-12-20(8-9-21-14)16-7-6-13(10-15(16)18)11-19-17(2,3)4/h6-7,10,14,19H,5,8-9,11-12H2,1-4H3. The summed E-state index contributed by atoms with van der Waals surface area (Å²) in [5, 5.41) is 3.53. The third-order valence-corrected chi connectivity index (χ3v) is 4.40. The van der Waals surface area contributed by atoms with Gasteiger partial charge in [0.1, 0.15) is 0 Å². The number of anilines is 1. The molecule has 0 amide bonds. The van der Waals surface area contributed by atoms with E-state index in [1.54, 1.807) is 0 Å². The number of benzene rings is 1. The first-order chi connectivity index (χ1) is 9.89. The number of halogens is 1. The summed E-state index contributed by atoms with van der Waals surface area (Å²) in [5.41, 5.74) is 2.72. The molecule has 1 aliphatic rings. The molecule has 0 spiro atoms. The SMILES string of the molecule is CCC1CN(c2ccc(CNC(C)(C)C)cc2Br)CCO1. The number of hydrogen-bond donors (Lipinski definition) is 1. The first-order valence-corrected chi connectivity index (χ1v) is 8.58. The van der Waals surface area contributed by atoms with Crippen LogP contribution in [0.1, 0.15) is 39.7 Å². The van der Waals surface area contributed by atoms with Gasteiger partial charge in [0.2, 0.25) is 0 Å². The maximum absolute atomic E-state index is 5.75. The molecule has 1 atom stereocenters. The average molecular weight is 355 g/mol. The van der Waals surface area contributed by atoms with Crippen LogP contribution < -0.4 is 10.2 Å². The van der Waals surface area contributed by atoms with Gasteiger partial charge in [0.15, 0.2) is 0 Å². The Labute approximate surface area is 137 Å². The predicted octanol–water partition coefficient (Wildman–Crippen LogP) is 3.95. The summed E-state index contributed by atoms with van der Waals surface area (Å²) in [5.74, 6) is 0. The van der Waals surface area contributed by atoms with E-state index in [0.29, 0.717) is 6.10 Å². The monoisotopic (exact) mass is 354 g/mol. The predicted molar refractivity (Wildman–Crippen MR) is 93.0 cm³/mol. The van der Waals surface area contributed by atoms with E-state index in [4.69, 9.17) is 4.74 Å². The molecule has 2 rings (SSSR count). The van der Waals surface area contributed by atoms with Crippen molar-refractivity contribution in [1.82, 2.24) is 5.32 Å². The van der Waals surface area contributed by atoms with E-state index in [0.717, 1.165) is 32.7 Å². The van der Waals surface area contributed by atoms with Crippen molar-refractivity contribution in [2.45, 2.75) is 52.3 Å². The Balaban J connectivity index is 2.05. The van der Waals surface area contributed by atoms with Gasteiger partial charge in [0.05, 0.1) is 18.4 Å². The van der Waals surface area contributed by atoms with Crippen LogP contribution in [-0.2, 0) is 11.3 Å². The molecule has 0 saturated carbocycles. The highest BCUT2D eigenvalue weighted by molar-refractivity contribution is 9.10. The van der Waals surface area contributed by atoms with Crippen molar-refractivity contribution in [3.63, 3.8) is 0 Å². The summed E-state index contributed by atoms with van der Waals surface area (Å²) in [6.45, 7) is 12.4. The van der Waals surface area contributed by atoms with E-state index < -0.39 is 0 Å². The third kappa shape index (κ3) is 4.97. The van der Waals surface area contributed by atoms with Crippen molar-refractivity contribution < 1.29 is 4.74 Å². The molecule has 1 N–H and O–H groups in total. The minimum Gasteiger partial charge on any atom is -0.375 e. The van der Waals surface area contributed by atoms with Crippen LogP contribution >= 0.6 is 15.9 Å². The summed E-state index contributed by atoms with van der Waals surface area (Å²) in [7, 11) is 0. The highest BCUT2D eigenvalue weighted by atomic mass is 79.9. The number of morpholine rings is 1. The van der Waals surface area contributed by atoms with Crippen LogP contribution in [0.3, 0.4) is 0 Å². The Morgan fingerprint density at radius 3 is 2.76 bits per heavy atom. The number of nitrogens with zero attached hydrogens (tertiary/aromatic N) is 1. The van der Waals surface area contributed by atoms with Gasteiger partial charge in [-0.3, -0.25) is 0 Å². The molecule has 1 unspecified atom stereocenters. The molecule has 0 bridgehead atoms. The smallest absolute Gasteiger partial charge is 0.0748 e. The Morgan fingerprint density at radius 1 is 1.38 bits per heavy atom. The molecule has 0 radical (unpaired) electrons. The Kier molecular flexibility index (Phi) is 5.69. The molecule has 3 nitrogen and oxygen atoms in total. The van der Waals surface area contributed by atoms with Crippen molar-refractivity contribution in [3.05, 3.63) is 28.2 Å². The maximum Gasteiger partial charge on any atom is 0.0748 e. The first kappa shape index (κ1) is 16.8. The van der Waals surface area contributed by atoms with Gasteiger partial charge in [-0.25, -0.2) is 0 Å². The largest absolute Gasteiger partial charge is 0.375 e. The van der Waals surface area contributed by atoms with E-state index >= 15 is 0 Å². The van der Waals surface area contributed by atoms with Crippen LogP contribution in [0.25, 0.3) is 0 Å². The Bertz CT molecular complexity index is 470. The topological polar surface area (TPSA) is 24.5 Å². The second-order valence-corrected chi connectivity index (χ2v) is 7.59. The molecule has 1 aromatic rings. The number of nitrogens with one attached hydrogen (secondary N) is 1. The average Bonchev–Trinajstić information content (AvgIpc) is 2.44. The molecular weight excluding hydrogens is 328 g/mol. The van der Waals surface area contributed by atoms with E-state index in [2.05, 4.69) is 72.0 Å². The summed E-state index contributed by atoms with van der Waals surface area (Å²) in [4.78, 5) is 2.42. The maximum atomic E-state index is 5.75. The van der Waals surface area contributed by atoms with Gasteiger partial charge in [-0.1, -0.05) is 13.0 Å². The van der Waals surface area contributed by atoms with Gasteiger partial charge < -0.3 is 15.0 Å². The van der Waals surface area contributed by atoms with Crippen LogP contribution in [0.15, 0.2) is 22.7 Å². The van der Waals surface area contributed by atoms with Crippen molar-refractivity contribution in [2.24, 2.45) is 0 Å². The lowest BCUT2D eigenvalue weighted by molar-refractivity contribution is 0.0384. The minimum absolute atomic E-state index is 0.143. The fraction of sp³-hybridized carbons (Fsp3) is 0.647. The molecule has 0 aliphatic carbocycles. The van der Waals surface area contributed by atoms with E-state index in [1.807, 2.05) is 0 Å². The number of ether oxygens (including phenoxy) is 1. The third-order valence-electron chi connectivity index (χ3n) is 3.77. The van der Waals surface area contributed by atoms with E-state index in [-0.39, 0.29) is 5.54 Å². The second-order valence-electron chi connectivity index (χ2n) is 6.74. The highest BCUT2D eigenvalue weighted by Gasteiger charge is 2.20. The van der Waals surface area contributed by atoms with E-state index in [9.17, 15) is 0 Å². The van der Waals surface area contributed by atoms with Crippen molar-refractivity contribution in [3.8, 4) is 0 Å². The molecule has 1 aromatic carbocycles. The zero-order valence-corrected chi connectivity index (χ0v) is 15.2. The lowest BCUT2D eigenvalue weighted by Crippen LogP contribution is -2.42. The molecule has 1 saturated heterocycles. The fourth-order valence-corrected chi connectivity index (χ4v) is 3.15. The molecule has 1 aliphatic heterocycles. The highest BCUT2D eigenvalue weighted by Crippen LogP contribution is 2.29. The van der Waals surface area contributed by atoms with Crippen molar-refractivity contribution in [1.29, 1.82) is 0 Å². The Morgan fingerprint density at radius 2 is 2.14 bits per heavy atom. The van der Waals surface area contributed by atoms with Gasteiger partial charge in [-0.2, -0.15) is 0 Å². The summed E-state index contributed by atoms with van der Waals surface area (Å²) in [6.07, 6.45) is 1.43. The summed E-state index contributed by atoms with van der Waals surface area (Å²) < 4.78 is 6.93.